The Bertz CT molecular complexity index is 579. The molecule has 1 aromatic heterocycles. The Kier molecular flexibility index (Phi) is 5.98. The van der Waals surface area contributed by atoms with Crippen molar-refractivity contribution in [1.29, 1.82) is 0 Å². The van der Waals surface area contributed by atoms with E-state index in [0.29, 0.717) is 5.92 Å². The predicted molar refractivity (Wildman–Crippen MR) is 105 cm³/mol. The number of thiazole rings is 1. The highest BCUT2D eigenvalue weighted by Crippen LogP contribution is 2.49. The molecule has 1 N–H and O–H groups in total. The molecule has 138 valence electrons. The molecule has 1 saturated heterocycles. The molecule has 2 atom stereocenters. The van der Waals surface area contributed by atoms with Crippen molar-refractivity contribution in [2.75, 3.05) is 30.7 Å². The number of hydrogen-bond donors (Lipinski definition) is 1. The Morgan fingerprint density at radius 3 is 2.84 bits per heavy atom. The summed E-state index contributed by atoms with van der Waals surface area (Å²) in [7, 11) is 0. The first-order valence-electron chi connectivity index (χ1n) is 9.91. The molecular formula is C19H29N3OS2. The maximum Gasteiger partial charge on any atom is 0.229 e. The topological polar surface area (TPSA) is 45.2 Å². The molecule has 4 nitrogen and oxygen atoms in total. The molecule has 1 aliphatic heterocycles. The number of thioether (sulfide) groups is 1. The van der Waals surface area contributed by atoms with Crippen LogP contribution < -0.4 is 5.32 Å². The second kappa shape index (κ2) is 8.40. The van der Waals surface area contributed by atoms with E-state index >= 15 is 0 Å². The summed E-state index contributed by atoms with van der Waals surface area (Å²) in [6, 6.07) is 0. The van der Waals surface area contributed by atoms with E-state index < -0.39 is 0 Å². The van der Waals surface area contributed by atoms with Gasteiger partial charge in [-0.25, -0.2) is 4.98 Å². The summed E-state index contributed by atoms with van der Waals surface area (Å²) in [5, 5.41) is 3.85. The zero-order valence-corrected chi connectivity index (χ0v) is 16.5. The first-order chi connectivity index (χ1) is 12.3. The van der Waals surface area contributed by atoms with Crippen LogP contribution in [-0.4, -0.2) is 41.2 Å². The van der Waals surface area contributed by atoms with Crippen LogP contribution in [0.1, 0.15) is 51.4 Å². The minimum Gasteiger partial charge on any atom is -0.303 e. The molecule has 3 aliphatic rings. The molecule has 0 bridgehead atoms. The van der Waals surface area contributed by atoms with Gasteiger partial charge < -0.3 is 10.2 Å². The van der Waals surface area contributed by atoms with Crippen molar-refractivity contribution in [1.82, 2.24) is 9.88 Å². The van der Waals surface area contributed by atoms with E-state index in [9.17, 15) is 4.79 Å². The van der Waals surface area contributed by atoms with Gasteiger partial charge in [0.25, 0.3) is 0 Å². The van der Waals surface area contributed by atoms with Gasteiger partial charge in [0.2, 0.25) is 5.91 Å². The zero-order chi connectivity index (χ0) is 17.1. The van der Waals surface area contributed by atoms with Crippen LogP contribution in [-0.2, 0) is 4.79 Å². The standard InChI is InChI=1S/C19H29N3OS2/c23-18(16-12-15(16)14-6-2-1-3-7-14)21-19-20-13-17(25-19)24-11-10-22-8-4-5-9-22/h13-16H,1-12H2,(H,20,21,23)/t15-,16?/m0/s1. The number of hydrogen-bond acceptors (Lipinski definition) is 5. The SMILES string of the molecule is O=C(Nc1ncc(SCCN2CCCC2)s1)C1C[C@H]1C1CCCCC1. The Hall–Kier alpha value is -0.590. The van der Waals surface area contributed by atoms with Crippen LogP contribution in [0, 0.1) is 17.8 Å². The third-order valence-corrected chi connectivity index (χ3v) is 8.08. The summed E-state index contributed by atoms with van der Waals surface area (Å²) in [4.78, 5) is 19.4. The van der Waals surface area contributed by atoms with Crippen molar-refractivity contribution in [3.8, 4) is 0 Å². The number of likely N-dealkylation sites (tertiary alicyclic amines) is 1. The maximum absolute atomic E-state index is 12.5. The van der Waals surface area contributed by atoms with Gasteiger partial charge in [0.05, 0.1) is 10.4 Å². The molecule has 3 fully saturated rings. The summed E-state index contributed by atoms with van der Waals surface area (Å²) in [5.74, 6) is 3.02. The van der Waals surface area contributed by atoms with Crippen LogP contribution in [0.3, 0.4) is 0 Å². The van der Waals surface area contributed by atoms with Gasteiger partial charge >= 0.3 is 0 Å². The van der Waals surface area contributed by atoms with Crippen molar-refractivity contribution in [3.63, 3.8) is 0 Å². The minimum atomic E-state index is 0.207. The van der Waals surface area contributed by atoms with Crippen LogP contribution in [0.25, 0.3) is 0 Å². The molecule has 2 aliphatic carbocycles. The first kappa shape index (κ1) is 17.8. The molecule has 0 aromatic carbocycles. The van der Waals surface area contributed by atoms with Crippen LogP contribution in [0.5, 0.6) is 0 Å². The third kappa shape index (κ3) is 4.77. The molecule has 2 saturated carbocycles. The van der Waals surface area contributed by atoms with E-state index in [4.69, 9.17) is 0 Å². The van der Waals surface area contributed by atoms with Gasteiger partial charge in [-0.3, -0.25) is 4.79 Å². The molecule has 2 heterocycles. The second-order valence-corrected chi connectivity index (χ2v) is 10.2. The van der Waals surface area contributed by atoms with Crippen molar-refractivity contribution in [2.45, 2.75) is 55.6 Å². The van der Waals surface area contributed by atoms with E-state index in [1.807, 2.05) is 18.0 Å². The summed E-state index contributed by atoms with van der Waals surface area (Å²) < 4.78 is 1.22. The summed E-state index contributed by atoms with van der Waals surface area (Å²) in [6.07, 6.45) is 12.5. The van der Waals surface area contributed by atoms with Gasteiger partial charge in [-0.15, -0.1) is 11.8 Å². The van der Waals surface area contributed by atoms with Crippen molar-refractivity contribution < 1.29 is 4.79 Å². The van der Waals surface area contributed by atoms with E-state index in [1.165, 1.54) is 62.2 Å². The fourth-order valence-electron chi connectivity index (χ4n) is 4.46. The summed E-state index contributed by atoms with van der Waals surface area (Å²) in [5.41, 5.74) is 0. The zero-order valence-electron chi connectivity index (χ0n) is 14.9. The highest BCUT2D eigenvalue weighted by Gasteiger charge is 2.47. The molecular weight excluding hydrogens is 350 g/mol. The first-order valence-corrected chi connectivity index (χ1v) is 11.7. The van der Waals surface area contributed by atoms with Gasteiger partial charge in [-0.2, -0.15) is 0 Å². The van der Waals surface area contributed by atoms with E-state index in [-0.39, 0.29) is 11.8 Å². The van der Waals surface area contributed by atoms with Crippen LogP contribution in [0.15, 0.2) is 10.4 Å². The van der Waals surface area contributed by atoms with Crippen molar-refractivity contribution in [3.05, 3.63) is 6.20 Å². The fraction of sp³-hybridized carbons (Fsp3) is 0.789. The number of aromatic nitrogens is 1. The average Bonchev–Trinajstić information content (AvgIpc) is 3.03. The van der Waals surface area contributed by atoms with Gasteiger partial charge in [0, 0.05) is 18.2 Å². The number of anilines is 1. The van der Waals surface area contributed by atoms with E-state index in [2.05, 4.69) is 15.2 Å². The maximum atomic E-state index is 12.5. The van der Waals surface area contributed by atoms with Gasteiger partial charge in [0.1, 0.15) is 0 Å². The lowest BCUT2D eigenvalue weighted by atomic mass is 9.85. The molecule has 1 aromatic rings. The molecule has 4 rings (SSSR count). The van der Waals surface area contributed by atoms with Gasteiger partial charge in [-0.05, 0) is 44.2 Å². The number of nitrogens with one attached hydrogen (secondary N) is 1. The molecule has 0 spiro atoms. The number of amides is 1. The largest absolute Gasteiger partial charge is 0.303 e. The molecule has 6 heteroatoms. The van der Waals surface area contributed by atoms with E-state index in [1.54, 1.807) is 11.3 Å². The molecule has 25 heavy (non-hydrogen) atoms. The lowest BCUT2D eigenvalue weighted by Crippen LogP contribution is -2.21. The fourth-order valence-corrected chi connectivity index (χ4v) is 6.42. The summed E-state index contributed by atoms with van der Waals surface area (Å²) in [6.45, 7) is 3.68. The molecule has 1 amide bonds. The second-order valence-electron chi connectivity index (χ2n) is 7.78. The normalized spacial score (nSPS) is 27.5. The number of nitrogens with zero attached hydrogens (tertiary/aromatic N) is 2. The van der Waals surface area contributed by atoms with Gasteiger partial charge in [0.15, 0.2) is 5.13 Å². The Morgan fingerprint density at radius 1 is 1.24 bits per heavy atom. The molecule has 1 unspecified atom stereocenters. The predicted octanol–water partition coefficient (Wildman–Crippen LogP) is 4.49. The van der Waals surface area contributed by atoms with Crippen LogP contribution in [0.4, 0.5) is 5.13 Å². The average molecular weight is 380 g/mol. The smallest absolute Gasteiger partial charge is 0.229 e. The van der Waals surface area contributed by atoms with Crippen LogP contribution >= 0.6 is 23.1 Å². The highest BCUT2D eigenvalue weighted by molar-refractivity contribution is 8.01. The number of carbonyl (C=O) groups excluding carboxylic acids is 1. The lowest BCUT2D eigenvalue weighted by Gasteiger charge is -2.21. The van der Waals surface area contributed by atoms with E-state index in [0.717, 1.165) is 29.8 Å². The van der Waals surface area contributed by atoms with Gasteiger partial charge in [-0.1, -0.05) is 43.4 Å². The summed E-state index contributed by atoms with van der Waals surface area (Å²) >= 11 is 3.49. The highest BCUT2D eigenvalue weighted by atomic mass is 32.2. The third-order valence-electron chi connectivity index (χ3n) is 6.00. The Labute approximate surface area is 159 Å². The number of carbonyl (C=O) groups is 1. The van der Waals surface area contributed by atoms with Crippen molar-refractivity contribution >= 4 is 34.1 Å². The number of rotatable bonds is 7. The van der Waals surface area contributed by atoms with Crippen molar-refractivity contribution in [2.24, 2.45) is 17.8 Å². The van der Waals surface area contributed by atoms with Crippen LogP contribution in [0.2, 0.25) is 0 Å². The monoisotopic (exact) mass is 379 g/mol. The lowest BCUT2D eigenvalue weighted by molar-refractivity contribution is -0.117. The minimum absolute atomic E-state index is 0.207. The Balaban J connectivity index is 1.19. The Morgan fingerprint density at radius 2 is 2.04 bits per heavy atom. The molecule has 0 radical (unpaired) electrons. The quantitative estimate of drug-likeness (QED) is 0.709.